The van der Waals surface area contributed by atoms with Gasteiger partial charge in [0.1, 0.15) is 6.29 Å². The number of aldehydes is 1. The van der Waals surface area contributed by atoms with Crippen LogP contribution in [0.25, 0.3) is 0 Å². The van der Waals surface area contributed by atoms with Crippen LogP contribution >= 0.6 is 0 Å². The number of unbranched alkanes of at least 4 members (excludes halogenated alkanes) is 5. The molecule has 0 saturated carbocycles. The number of hydrogen-bond acceptors (Lipinski definition) is 1. The zero-order chi connectivity index (χ0) is 9.78. The van der Waals surface area contributed by atoms with Gasteiger partial charge >= 0.3 is 0 Å². The third-order valence-corrected chi connectivity index (χ3v) is 1.88. The molecule has 0 aromatic heterocycles. The number of rotatable bonds is 8. The van der Waals surface area contributed by atoms with E-state index >= 15 is 0 Å². The Hall–Kier alpha value is -0.850. The van der Waals surface area contributed by atoms with Crippen molar-refractivity contribution in [3.05, 3.63) is 24.3 Å². The molecule has 0 saturated heterocycles. The second kappa shape index (κ2) is 11.2. The minimum Gasteiger partial charge on any atom is -0.303 e. The smallest absolute Gasteiger partial charge is 0.119 e. The Morgan fingerprint density at radius 3 is 2.23 bits per heavy atom. The second-order valence-electron chi connectivity index (χ2n) is 3.11. The molecule has 0 amide bonds. The SMILES string of the molecule is C/C=C\C=C\CCCCCCC=O. The molecule has 0 N–H and O–H groups in total. The minimum atomic E-state index is 0.731. The molecule has 0 unspecified atom stereocenters. The van der Waals surface area contributed by atoms with Gasteiger partial charge in [-0.15, -0.1) is 0 Å². The lowest BCUT2D eigenvalue weighted by molar-refractivity contribution is -0.107. The van der Waals surface area contributed by atoms with Crippen molar-refractivity contribution in [3.63, 3.8) is 0 Å². The van der Waals surface area contributed by atoms with E-state index in [0.29, 0.717) is 0 Å². The summed E-state index contributed by atoms with van der Waals surface area (Å²) in [5.74, 6) is 0. The lowest BCUT2D eigenvalue weighted by Gasteiger charge is -1.94. The predicted molar refractivity (Wildman–Crippen MR) is 57.7 cm³/mol. The van der Waals surface area contributed by atoms with Crippen molar-refractivity contribution in [1.82, 2.24) is 0 Å². The normalized spacial score (nSPS) is 11.5. The number of carbonyl (C=O) groups excluding carboxylic acids is 1. The van der Waals surface area contributed by atoms with Gasteiger partial charge in [-0.1, -0.05) is 37.1 Å². The van der Waals surface area contributed by atoms with Gasteiger partial charge in [-0.25, -0.2) is 0 Å². The number of allylic oxidation sites excluding steroid dienone is 4. The molecule has 0 atom stereocenters. The Labute approximate surface area is 81.5 Å². The molecule has 0 aliphatic heterocycles. The van der Waals surface area contributed by atoms with Crippen molar-refractivity contribution in [2.75, 3.05) is 0 Å². The van der Waals surface area contributed by atoms with Crippen molar-refractivity contribution in [1.29, 1.82) is 0 Å². The van der Waals surface area contributed by atoms with Gasteiger partial charge in [0, 0.05) is 6.42 Å². The fourth-order valence-corrected chi connectivity index (χ4v) is 1.13. The first-order valence-corrected chi connectivity index (χ1v) is 5.13. The highest BCUT2D eigenvalue weighted by Gasteiger charge is 1.87. The molecule has 13 heavy (non-hydrogen) atoms. The van der Waals surface area contributed by atoms with Crippen LogP contribution in [0.15, 0.2) is 24.3 Å². The topological polar surface area (TPSA) is 17.1 Å². The van der Waals surface area contributed by atoms with Gasteiger partial charge in [0.15, 0.2) is 0 Å². The maximum Gasteiger partial charge on any atom is 0.119 e. The van der Waals surface area contributed by atoms with Crippen LogP contribution in [0.4, 0.5) is 0 Å². The number of carbonyl (C=O) groups is 1. The van der Waals surface area contributed by atoms with Crippen LogP contribution in [0.1, 0.15) is 45.4 Å². The maximum atomic E-state index is 9.99. The third-order valence-electron chi connectivity index (χ3n) is 1.88. The summed E-state index contributed by atoms with van der Waals surface area (Å²) >= 11 is 0. The van der Waals surface area contributed by atoms with E-state index in [-0.39, 0.29) is 0 Å². The predicted octanol–water partition coefficient (Wildman–Crippen LogP) is 3.66. The zero-order valence-corrected chi connectivity index (χ0v) is 8.54. The average Bonchev–Trinajstić information content (AvgIpc) is 2.16. The van der Waals surface area contributed by atoms with Crippen LogP contribution < -0.4 is 0 Å². The van der Waals surface area contributed by atoms with Gasteiger partial charge in [-0.05, 0) is 26.2 Å². The Balaban J connectivity index is 3.03. The first kappa shape index (κ1) is 12.2. The molecule has 0 aromatic rings. The van der Waals surface area contributed by atoms with Gasteiger partial charge < -0.3 is 4.79 Å². The van der Waals surface area contributed by atoms with Gasteiger partial charge in [0.05, 0.1) is 0 Å². The van der Waals surface area contributed by atoms with E-state index in [0.717, 1.165) is 25.5 Å². The highest BCUT2D eigenvalue weighted by Crippen LogP contribution is 2.04. The van der Waals surface area contributed by atoms with Crippen LogP contribution in [0, 0.1) is 0 Å². The van der Waals surface area contributed by atoms with Crippen molar-refractivity contribution in [3.8, 4) is 0 Å². The summed E-state index contributed by atoms with van der Waals surface area (Å²) in [6, 6.07) is 0. The molecule has 0 heterocycles. The largest absolute Gasteiger partial charge is 0.303 e. The lowest BCUT2D eigenvalue weighted by atomic mass is 10.1. The molecular weight excluding hydrogens is 160 g/mol. The first-order chi connectivity index (χ1) is 6.41. The van der Waals surface area contributed by atoms with Crippen molar-refractivity contribution in [2.24, 2.45) is 0 Å². The molecule has 0 aliphatic rings. The molecule has 0 bridgehead atoms. The fourth-order valence-electron chi connectivity index (χ4n) is 1.13. The van der Waals surface area contributed by atoms with E-state index in [9.17, 15) is 4.79 Å². The first-order valence-electron chi connectivity index (χ1n) is 5.13. The molecule has 0 spiro atoms. The average molecular weight is 180 g/mol. The van der Waals surface area contributed by atoms with Crippen LogP contribution in [-0.2, 0) is 4.79 Å². The Morgan fingerprint density at radius 1 is 0.923 bits per heavy atom. The van der Waals surface area contributed by atoms with E-state index in [4.69, 9.17) is 0 Å². The van der Waals surface area contributed by atoms with Gasteiger partial charge in [-0.2, -0.15) is 0 Å². The summed E-state index contributed by atoms with van der Waals surface area (Å²) < 4.78 is 0. The van der Waals surface area contributed by atoms with E-state index in [2.05, 4.69) is 12.2 Å². The van der Waals surface area contributed by atoms with E-state index in [1.54, 1.807) is 0 Å². The minimum absolute atomic E-state index is 0.731. The fraction of sp³-hybridized carbons (Fsp3) is 0.583. The highest BCUT2D eigenvalue weighted by atomic mass is 16.1. The molecule has 74 valence electrons. The Morgan fingerprint density at radius 2 is 1.62 bits per heavy atom. The standard InChI is InChI=1S/C12H20O/c1-2-3-4-5-6-7-8-9-10-11-12-13/h2-5,12H,6-11H2,1H3/b3-2-,5-4+. The van der Waals surface area contributed by atoms with Gasteiger partial charge in [0.2, 0.25) is 0 Å². The highest BCUT2D eigenvalue weighted by molar-refractivity contribution is 5.48. The van der Waals surface area contributed by atoms with Crippen molar-refractivity contribution >= 4 is 6.29 Å². The molecular formula is C12H20O. The van der Waals surface area contributed by atoms with Crippen LogP contribution in [0.5, 0.6) is 0 Å². The molecule has 0 aromatic carbocycles. The third kappa shape index (κ3) is 11.1. The molecule has 1 heteroatoms. The summed E-state index contributed by atoms with van der Waals surface area (Å²) in [6.45, 7) is 2.02. The van der Waals surface area contributed by atoms with Crippen LogP contribution in [0.3, 0.4) is 0 Å². The molecule has 1 nitrogen and oxygen atoms in total. The van der Waals surface area contributed by atoms with E-state index in [1.165, 1.54) is 19.3 Å². The molecule has 0 aliphatic carbocycles. The van der Waals surface area contributed by atoms with E-state index < -0.39 is 0 Å². The number of hydrogen-bond donors (Lipinski definition) is 0. The zero-order valence-electron chi connectivity index (χ0n) is 8.54. The lowest BCUT2D eigenvalue weighted by Crippen LogP contribution is -1.78. The maximum absolute atomic E-state index is 9.99. The summed E-state index contributed by atoms with van der Waals surface area (Å²) in [6.07, 6.45) is 16.0. The Kier molecular flexibility index (Phi) is 10.4. The monoisotopic (exact) mass is 180 g/mol. The summed E-state index contributed by atoms with van der Waals surface area (Å²) in [5, 5.41) is 0. The Bertz CT molecular complexity index is 157. The molecule has 0 radical (unpaired) electrons. The van der Waals surface area contributed by atoms with Crippen LogP contribution in [0.2, 0.25) is 0 Å². The second-order valence-corrected chi connectivity index (χ2v) is 3.11. The summed E-state index contributed by atoms with van der Waals surface area (Å²) in [5.41, 5.74) is 0. The van der Waals surface area contributed by atoms with Crippen LogP contribution in [-0.4, -0.2) is 6.29 Å². The quantitative estimate of drug-likeness (QED) is 0.316. The van der Waals surface area contributed by atoms with Crippen molar-refractivity contribution < 1.29 is 4.79 Å². The molecule has 0 rings (SSSR count). The summed E-state index contributed by atoms with van der Waals surface area (Å²) in [4.78, 5) is 9.99. The molecule has 0 fully saturated rings. The van der Waals surface area contributed by atoms with Crippen molar-refractivity contribution in [2.45, 2.75) is 45.4 Å². The van der Waals surface area contributed by atoms with E-state index in [1.807, 2.05) is 19.1 Å². The van der Waals surface area contributed by atoms with Gasteiger partial charge in [0.25, 0.3) is 0 Å². The van der Waals surface area contributed by atoms with Gasteiger partial charge in [-0.3, -0.25) is 0 Å². The summed E-state index contributed by atoms with van der Waals surface area (Å²) in [7, 11) is 0.